The van der Waals surface area contributed by atoms with Gasteiger partial charge in [0.1, 0.15) is 0 Å². The number of hydrogen-bond donors (Lipinski definition) is 2. The molecule has 1 unspecified atom stereocenters. The Morgan fingerprint density at radius 1 is 1.17 bits per heavy atom. The quantitative estimate of drug-likeness (QED) is 0.841. The van der Waals surface area contributed by atoms with Crippen molar-refractivity contribution in [3.63, 3.8) is 0 Å². The first-order valence-electron chi connectivity index (χ1n) is 7.28. The monoisotopic (exact) mass is 343 g/mol. The molecule has 0 heterocycles. The first-order chi connectivity index (χ1) is 11.4. The Kier molecular flexibility index (Phi) is 5.55. The van der Waals surface area contributed by atoms with Gasteiger partial charge in [-0.3, -0.25) is 9.52 Å². The van der Waals surface area contributed by atoms with Gasteiger partial charge in [-0.05, 0) is 37.3 Å². The number of nitriles is 1. The molecule has 0 spiro atoms. The molecule has 2 rings (SSSR count). The van der Waals surface area contributed by atoms with Gasteiger partial charge in [0, 0.05) is 17.8 Å². The normalized spacial score (nSPS) is 12.0. The minimum atomic E-state index is -3.71. The second kappa shape index (κ2) is 7.62. The smallest absolute Gasteiger partial charge is 0.261 e. The minimum absolute atomic E-state index is 0.141. The van der Waals surface area contributed by atoms with Gasteiger partial charge in [-0.25, -0.2) is 8.42 Å². The second-order valence-electron chi connectivity index (χ2n) is 5.24. The number of sulfonamides is 1. The zero-order valence-electron chi connectivity index (χ0n) is 13.1. The average molecular weight is 343 g/mol. The van der Waals surface area contributed by atoms with Crippen molar-refractivity contribution in [3.8, 4) is 6.07 Å². The van der Waals surface area contributed by atoms with Crippen molar-refractivity contribution in [3.05, 3.63) is 60.2 Å². The first-order valence-corrected chi connectivity index (χ1v) is 8.76. The van der Waals surface area contributed by atoms with Gasteiger partial charge >= 0.3 is 0 Å². The van der Waals surface area contributed by atoms with Crippen molar-refractivity contribution in [2.75, 3.05) is 11.3 Å². The molecule has 0 fully saturated rings. The molecule has 7 heteroatoms. The molecule has 1 amide bonds. The van der Waals surface area contributed by atoms with Crippen LogP contribution in [0.25, 0.3) is 0 Å². The van der Waals surface area contributed by atoms with E-state index in [0.29, 0.717) is 11.3 Å². The van der Waals surface area contributed by atoms with Crippen LogP contribution in [0.2, 0.25) is 0 Å². The highest BCUT2D eigenvalue weighted by Gasteiger charge is 2.14. The largest absolute Gasteiger partial charge is 0.351 e. The molecule has 0 aromatic heterocycles. The number of hydrogen-bond acceptors (Lipinski definition) is 4. The fraction of sp³-hybridized carbons (Fsp3) is 0.176. The summed E-state index contributed by atoms with van der Waals surface area (Å²) >= 11 is 0. The maximum Gasteiger partial charge on any atom is 0.261 e. The van der Waals surface area contributed by atoms with Crippen LogP contribution >= 0.6 is 0 Å². The number of anilines is 1. The topological polar surface area (TPSA) is 99.1 Å². The van der Waals surface area contributed by atoms with Crippen molar-refractivity contribution < 1.29 is 13.2 Å². The van der Waals surface area contributed by atoms with Crippen LogP contribution < -0.4 is 10.0 Å². The van der Waals surface area contributed by atoms with E-state index in [-0.39, 0.29) is 23.3 Å². The lowest BCUT2D eigenvalue weighted by molar-refractivity contribution is 0.0951. The number of nitrogens with one attached hydrogen (secondary N) is 2. The van der Waals surface area contributed by atoms with Crippen molar-refractivity contribution in [2.45, 2.75) is 11.8 Å². The Balaban J connectivity index is 2.13. The van der Waals surface area contributed by atoms with E-state index in [1.807, 2.05) is 6.07 Å². The number of nitrogens with zero attached hydrogens (tertiary/aromatic N) is 1. The molecule has 0 aliphatic heterocycles. The van der Waals surface area contributed by atoms with Gasteiger partial charge in [0.2, 0.25) is 0 Å². The van der Waals surface area contributed by atoms with E-state index in [9.17, 15) is 13.2 Å². The first kappa shape index (κ1) is 17.5. The Hall–Kier alpha value is -2.85. The Morgan fingerprint density at radius 3 is 2.54 bits per heavy atom. The van der Waals surface area contributed by atoms with Gasteiger partial charge in [0.25, 0.3) is 15.9 Å². The maximum atomic E-state index is 12.3. The number of amides is 1. The zero-order chi connectivity index (χ0) is 17.6. The van der Waals surface area contributed by atoms with Gasteiger partial charge in [0.15, 0.2) is 0 Å². The maximum absolute atomic E-state index is 12.3. The third kappa shape index (κ3) is 4.57. The van der Waals surface area contributed by atoms with E-state index in [0.717, 1.165) is 0 Å². The molecule has 124 valence electrons. The predicted molar refractivity (Wildman–Crippen MR) is 90.8 cm³/mol. The molecular weight excluding hydrogens is 326 g/mol. The van der Waals surface area contributed by atoms with Crippen LogP contribution in [0.4, 0.5) is 5.69 Å². The van der Waals surface area contributed by atoms with Gasteiger partial charge < -0.3 is 5.32 Å². The standard InChI is InChI=1S/C17H17N3O3S/c1-13(11-18)12-19-17(21)14-6-5-7-15(10-14)20-24(22,23)16-8-3-2-4-9-16/h2-10,13,20H,12H2,1H3,(H,19,21). The molecule has 0 saturated carbocycles. The Morgan fingerprint density at radius 2 is 1.88 bits per heavy atom. The highest BCUT2D eigenvalue weighted by Crippen LogP contribution is 2.17. The molecule has 0 bridgehead atoms. The second-order valence-corrected chi connectivity index (χ2v) is 6.92. The summed E-state index contributed by atoms with van der Waals surface area (Å²) in [4.78, 5) is 12.2. The van der Waals surface area contributed by atoms with Gasteiger partial charge in [-0.1, -0.05) is 24.3 Å². The average Bonchev–Trinajstić information content (AvgIpc) is 2.60. The molecular formula is C17H17N3O3S. The van der Waals surface area contributed by atoms with E-state index >= 15 is 0 Å². The summed E-state index contributed by atoms with van der Waals surface area (Å²) in [5.74, 6) is -0.661. The number of carbonyl (C=O) groups is 1. The van der Waals surface area contributed by atoms with Gasteiger partial charge in [0.05, 0.1) is 16.9 Å². The van der Waals surface area contributed by atoms with Crippen LogP contribution in [-0.2, 0) is 10.0 Å². The molecule has 0 radical (unpaired) electrons. The molecule has 2 aromatic carbocycles. The number of carbonyl (C=O) groups excluding carboxylic acids is 1. The molecule has 0 aliphatic rings. The van der Waals surface area contributed by atoms with Crippen molar-refractivity contribution >= 4 is 21.6 Å². The SMILES string of the molecule is CC(C#N)CNC(=O)c1cccc(NS(=O)(=O)c2ccccc2)c1. The van der Waals surface area contributed by atoms with Crippen LogP contribution in [0.5, 0.6) is 0 Å². The zero-order valence-corrected chi connectivity index (χ0v) is 13.9. The molecule has 2 N–H and O–H groups in total. The van der Waals surface area contributed by atoms with Crippen molar-refractivity contribution in [1.82, 2.24) is 5.32 Å². The molecule has 6 nitrogen and oxygen atoms in total. The van der Waals surface area contributed by atoms with Crippen molar-refractivity contribution in [1.29, 1.82) is 5.26 Å². The lowest BCUT2D eigenvalue weighted by Crippen LogP contribution is -2.27. The van der Waals surface area contributed by atoms with Crippen LogP contribution in [-0.4, -0.2) is 20.9 Å². The highest BCUT2D eigenvalue weighted by molar-refractivity contribution is 7.92. The molecule has 2 aromatic rings. The fourth-order valence-electron chi connectivity index (χ4n) is 1.93. The third-order valence-corrected chi connectivity index (χ3v) is 4.62. The fourth-order valence-corrected chi connectivity index (χ4v) is 3.00. The van der Waals surface area contributed by atoms with Crippen LogP contribution in [0.15, 0.2) is 59.5 Å². The molecule has 1 atom stereocenters. The van der Waals surface area contributed by atoms with Crippen LogP contribution in [0.3, 0.4) is 0 Å². The Bertz CT molecular complexity index is 858. The third-order valence-electron chi connectivity index (χ3n) is 3.22. The van der Waals surface area contributed by atoms with Gasteiger partial charge in [-0.15, -0.1) is 0 Å². The van der Waals surface area contributed by atoms with E-state index < -0.39 is 10.0 Å². The summed E-state index contributed by atoms with van der Waals surface area (Å²) in [6.45, 7) is 1.93. The lowest BCUT2D eigenvalue weighted by atomic mass is 10.1. The summed E-state index contributed by atoms with van der Waals surface area (Å²) in [5.41, 5.74) is 0.605. The summed E-state index contributed by atoms with van der Waals surface area (Å²) in [6.07, 6.45) is 0. The van der Waals surface area contributed by atoms with Crippen LogP contribution in [0.1, 0.15) is 17.3 Å². The van der Waals surface area contributed by atoms with E-state index in [1.165, 1.54) is 18.2 Å². The Labute approximate surface area is 141 Å². The molecule has 0 aliphatic carbocycles. The summed E-state index contributed by atoms with van der Waals surface area (Å²) in [7, 11) is -3.71. The summed E-state index contributed by atoms with van der Waals surface area (Å²) < 4.78 is 27.0. The van der Waals surface area contributed by atoms with E-state index in [4.69, 9.17) is 5.26 Å². The van der Waals surface area contributed by atoms with E-state index in [2.05, 4.69) is 10.0 Å². The lowest BCUT2D eigenvalue weighted by Gasteiger charge is -2.10. The number of benzene rings is 2. The molecule has 0 saturated heterocycles. The highest BCUT2D eigenvalue weighted by atomic mass is 32.2. The van der Waals surface area contributed by atoms with Crippen LogP contribution in [0, 0.1) is 17.2 Å². The van der Waals surface area contributed by atoms with Crippen molar-refractivity contribution in [2.24, 2.45) is 5.92 Å². The minimum Gasteiger partial charge on any atom is -0.351 e. The van der Waals surface area contributed by atoms with E-state index in [1.54, 1.807) is 43.3 Å². The predicted octanol–water partition coefficient (Wildman–Crippen LogP) is 2.38. The van der Waals surface area contributed by atoms with Gasteiger partial charge in [-0.2, -0.15) is 5.26 Å². The number of rotatable bonds is 6. The molecule has 24 heavy (non-hydrogen) atoms. The summed E-state index contributed by atoms with van der Waals surface area (Å²) in [5, 5.41) is 11.4. The summed E-state index contributed by atoms with van der Waals surface area (Å²) in [6, 6.07) is 16.2.